The highest BCUT2D eigenvalue weighted by molar-refractivity contribution is 7.88. The van der Waals surface area contributed by atoms with Crippen LogP contribution in [0.4, 0.5) is 0 Å². The van der Waals surface area contributed by atoms with Crippen molar-refractivity contribution in [2.75, 3.05) is 176 Å². The third kappa shape index (κ3) is 41.4. The molecule has 0 amide bonds. The van der Waals surface area contributed by atoms with Gasteiger partial charge in [0.2, 0.25) is 10.0 Å². The first-order valence-electron chi connectivity index (χ1n) is 44.9. The molecule has 11 aliphatic heterocycles. The fraction of sp³-hybridized carbons (Fsp3) is 1.00. The number of fused-ring (bicyclic) bond motifs is 2. The molecule has 11 heterocycles. The first-order chi connectivity index (χ1) is 50.9. The Labute approximate surface area is 678 Å². The number of rotatable bonds is 13. The molecule has 0 saturated carbocycles. The van der Waals surface area contributed by atoms with Crippen LogP contribution in [-0.4, -0.2) is 372 Å². The molecular formula is C86H190N20O2S. The minimum absolute atomic E-state index is 0.198. The van der Waals surface area contributed by atoms with E-state index in [0.717, 1.165) is 116 Å². The lowest BCUT2D eigenvalue weighted by atomic mass is 9.98. The first-order valence-corrected chi connectivity index (χ1v) is 46.7. The summed E-state index contributed by atoms with van der Waals surface area (Å²) in [4.78, 5) is 22.9. The highest BCUT2D eigenvalue weighted by Crippen LogP contribution is 2.25. The summed E-state index contributed by atoms with van der Waals surface area (Å²) < 4.78 is 25.0. The standard InChI is InChI=1S/C10H22N2O2S.5C9H20N2.C8H16N2.2C8H18N2.C7H16N2/c1-9(2)8-12(15(3,13)14)10-4-6-11-7-5-10;2*1-7(2)11-6-8(3)10-5-9(11)4;1-7(2)11-5-8(3)10-9(4)6-11;1-8(2)11-6-5-10-7-9(11,3)4;1-7(2)11-6-5-10-8(3)9(11)4;1-6(2)10-5-7-3-8(10)4-9-7;1-7(2)10-5-4-9-8(3)6-10;1-7(2)10-5-4-9-6-8(10)3;1-7(2)9-5-3-8-4-6-9/h9-11H,4-8H2,1-3H3;3*7-10H,5-6H2,1-4H3;8,10H,5-7H2,1-4H3;7-10H,5-6H2,1-4H3;6-9H,3-5H2,1-2H3;2*7-9H,4-6H2,1-3H3;7-8H,3-6H2,1-2H3/t;8-,9+;8-,9-;;;;;2*8-;/m.10....10./s1. The molecule has 0 aromatic carbocycles. The van der Waals surface area contributed by atoms with E-state index < -0.39 is 10.0 Å². The van der Waals surface area contributed by atoms with Gasteiger partial charge in [-0.1, -0.05) is 13.8 Å². The molecule has 23 heteroatoms. The van der Waals surface area contributed by atoms with Gasteiger partial charge in [0.15, 0.2) is 0 Å². The van der Waals surface area contributed by atoms with E-state index in [9.17, 15) is 8.42 Å². The molecule has 12 atom stereocenters. The van der Waals surface area contributed by atoms with Gasteiger partial charge in [0.05, 0.1) is 6.26 Å². The lowest BCUT2D eigenvalue weighted by Crippen LogP contribution is -2.59. The van der Waals surface area contributed by atoms with Gasteiger partial charge in [-0.2, -0.15) is 4.31 Å². The minimum Gasteiger partial charge on any atom is -0.317 e. The van der Waals surface area contributed by atoms with Crippen molar-refractivity contribution in [2.45, 2.75) is 379 Å². The van der Waals surface area contributed by atoms with Gasteiger partial charge >= 0.3 is 0 Å². The van der Waals surface area contributed by atoms with E-state index in [-0.39, 0.29) is 6.04 Å². The van der Waals surface area contributed by atoms with Crippen molar-refractivity contribution in [1.82, 2.24) is 102 Å². The van der Waals surface area contributed by atoms with E-state index >= 15 is 0 Å². The SMILES string of the molecule is CC(C)CN(C1CCNCC1)S(C)(=O)=O.CC(C)N1CC2CC1CN2.CC(C)N1CCNCC1.CC(C)N1CCNCC1(C)C.CC(C)N1CCNC[C@@H]1C.CC(C)N1CCN[C@H](C)C1.CC(C)N1C[C@@H](C)NC[C@@H]1C.CC(C)N1C[C@H](C)NC[C@@H]1C.CC1CN(C(C)C)CC(C)N1.CC1NCCN(C(C)C)C1C. The third-order valence-corrected chi connectivity index (χ3v) is 25.5. The maximum atomic E-state index is 11.7. The van der Waals surface area contributed by atoms with E-state index in [4.69, 9.17) is 0 Å². The summed E-state index contributed by atoms with van der Waals surface area (Å²) in [5.74, 6) is 0.384. The molecular weight excluding hydrogens is 1380 g/mol. The monoisotopic (exact) mass is 1570 g/mol. The average Bonchev–Trinajstić information content (AvgIpc) is 1.80. The summed E-state index contributed by atoms with van der Waals surface area (Å²) in [6.45, 7) is 102. The van der Waals surface area contributed by atoms with Crippen LogP contribution in [0.2, 0.25) is 0 Å². The van der Waals surface area contributed by atoms with Crippen molar-refractivity contribution in [3.05, 3.63) is 0 Å². The molecule has 109 heavy (non-hydrogen) atoms. The average molecular weight is 1570 g/mol. The number of hydrogen-bond acceptors (Lipinski definition) is 21. The fourth-order valence-electron chi connectivity index (χ4n) is 17.6. The zero-order valence-corrected chi connectivity index (χ0v) is 78.8. The number of piperidine rings is 1. The second-order valence-electron chi connectivity index (χ2n) is 38.2. The largest absolute Gasteiger partial charge is 0.317 e. The lowest BCUT2D eigenvalue weighted by molar-refractivity contribution is 0.0595. The highest BCUT2D eigenvalue weighted by Gasteiger charge is 2.39. The molecule has 2 bridgehead atoms. The van der Waals surface area contributed by atoms with Crippen LogP contribution in [-0.2, 0) is 10.0 Å². The number of nitrogens with zero attached hydrogens (tertiary/aromatic N) is 10. The van der Waals surface area contributed by atoms with Crippen molar-refractivity contribution in [3.8, 4) is 0 Å². The molecule has 0 aromatic heterocycles. The van der Waals surface area contributed by atoms with Crippen LogP contribution in [0.1, 0.15) is 241 Å². The Morgan fingerprint density at radius 2 is 0.817 bits per heavy atom. The topological polar surface area (TPSA) is 187 Å². The summed E-state index contributed by atoms with van der Waals surface area (Å²) in [7, 11) is -3.05. The van der Waals surface area contributed by atoms with Crippen LogP contribution in [0.5, 0.6) is 0 Å². The molecule has 11 aliphatic rings. The highest BCUT2D eigenvalue weighted by atomic mass is 32.2. The number of sulfonamides is 1. The van der Waals surface area contributed by atoms with E-state index in [2.05, 4.69) is 319 Å². The van der Waals surface area contributed by atoms with E-state index in [0.29, 0.717) is 121 Å². The number of nitrogens with one attached hydrogen (secondary N) is 10. The molecule has 10 N–H and O–H groups in total. The lowest BCUT2D eigenvalue weighted by Gasteiger charge is -2.45. The van der Waals surface area contributed by atoms with E-state index in [1.165, 1.54) is 97.8 Å². The van der Waals surface area contributed by atoms with Crippen LogP contribution in [0.3, 0.4) is 0 Å². The molecule has 0 spiro atoms. The van der Waals surface area contributed by atoms with Crippen molar-refractivity contribution >= 4 is 10.0 Å². The summed E-state index contributed by atoms with van der Waals surface area (Å²) in [6, 6.07) is 14.9. The minimum atomic E-state index is -3.05. The molecule has 11 fully saturated rings. The number of hydrogen-bond donors (Lipinski definition) is 10. The van der Waals surface area contributed by atoms with Gasteiger partial charge in [0, 0.05) is 296 Å². The molecule has 652 valence electrons. The predicted octanol–water partition coefficient (Wildman–Crippen LogP) is 8.16. The Morgan fingerprint density at radius 3 is 1.17 bits per heavy atom. The van der Waals surface area contributed by atoms with Gasteiger partial charge < -0.3 is 53.2 Å². The predicted molar refractivity (Wildman–Crippen MR) is 476 cm³/mol. The van der Waals surface area contributed by atoms with Crippen LogP contribution in [0.25, 0.3) is 0 Å². The van der Waals surface area contributed by atoms with Crippen LogP contribution in [0.15, 0.2) is 0 Å². The van der Waals surface area contributed by atoms with Gasteiger partial charge in [-0.3, -0.25) is 44.1 Å². The van der Waals surface area contributed by atoms with Gasteiger partial charge in [-0.25, -0.2) is 8.42 Å². The Bertz CT molecular complexity index is 2310. The smallest absolute Gasteiger partial charge is 0.211 e. The van der Waals surface area contributed by atoms with Gasteiger partial charge in [0.1, 0.15) is 0 Å². The molecule has 0 aromatic rings. The molecule has 6 unspecified atom stereocenters. The van der Waals surface area contributed by atoms with Gasteiger partial charge in [-0.15, -0.1) is 0 Å². The molecule has 0 aliphatic carbocycles. The van der Waals surface area contributed by atoms with Crippen molar-refractivity contribution in [1.29, 1.82) is 0 Å². The molecule has 0 radical (unpaired) electrons. The molecule has 11 saturated heterocycles. The summed E-state index contributed by atoms with van der Waals surface area (Å²) in [6.07, 6.45) is 4.56. The zero-order valence-electron chi connectivity index (χ0n) is 78.0. The normalized spacial score (nSPS) is 30.3. The second kappa shape index (κ2) is 54.3. The number of piperazine rings is 9. The van der Waals surface area contributed by atoms with Crippen molar-refractivity contribution in [3.63, 3.8) is 0 Å². The third-order valence-electron chi connectivity index (χ3n) is 24.2. The van der Waals surface area contributed by atoms with Crippen molar-refractivity contribution < 1.29 is 8.42 Å². The summed E-state index contributed by atoms with van der Waals surface area (Å²) in [5, 5.41) is 34.2. The zero-order chi connectivity index (χ0) is 82.6. The van der Waals surface area contributed by atoms with E-state index in [1.54, 1.807) is 4.31 Å². The molecule has 22 nitrogen and oxygen atoms in total. The Morgan fingerprint density at radius 1 is 0.385 bits per heavy atom. The van der Waals surface area contributed by atoms with Crippen LogP contribution < -0.4 is 53.2 Å². The Kier molecular flexibility index (Phi) is 51.9. The maximum absolute atomic E-state index is 11.7. The second-order valence-corrected chi connectivity index (χ2v) is 40.1. The van der Waals surface area contributed by atoms with Crippen LogP contribution in [0, 0.1) is 5.92 Å². The fourth-order valence-corrected chi connectivity index (χ4v) is 18.9. The number of likely N-dealkylation sites (tertiary alicyclic amines) is 1. The Balaban J connectivity index is 0.000000412. The quantitative estimate of drug-likeness (QED) is 0.0851. The van der Waals surface area contributed by atoms with Gasteiger partial charge in [0.25, 0.3) is 0 Å². The van der Waals surface area contributed by atoms with Crippen molar-refractivity contribution in [2.24, 2.45) is 5.92 Å². The van der Waals surface area contributed by atoms with Gasteiger partial charge in [-0.05, 0) is 246 Å². The first kappa shape index (κ1) is 104. The Hall–Kier alpha value is -0.850. The van der Waals surface area contributed by atoms with Crippen LogP contribution >= 0.6 is 0 Å². The summed E-state index contributed by atoms with van der Waals surface area (Å²) in [5.41, 5.74) is 0.340. The maximum Gasteiger partial charge on any atom is 0.211 e. The van der Waals surface area contributed by atoms with E-state index in [1.807, 2.05) is 0 Å². The summed E-state index contributed by atoms with van der Waals surface area (Å²) >= 11 is 0. The molecule has 11 rings (SSSR count).